The minimum absolute atomic E-state index is 0.0766. The van der Waals surface area contributed by atoms with E-state index in [1.165, 1.54) is 64.9 Å². The molecule has 0 heterocycles. The molecule has 4 aliphatic rings. The highest BCUT2D eigenvalue weighted by molar-refractivity contribution is 5.25. The smallest absolute Gasteiger partial charge is 0.100 e. The van der Waals surface area contributed by atoms with Gasteiger partial charge in [-0.05, 0) is 97.7 Å². The van der Waals surface area contributed by atoms with E-state index in [1.807, 2.05) is 0 Å². The van der Waals surface area contributed by atoms with E-state index >= 15 is 0 Å². The third-order valence-corrected chi connectivity index (χ3v) is 10.8. The zero-order valence-corrected chi connectivity index (χ0v) is 23.6. The molecule has 0 aromatic heterocycles. The van der Waals surface area contributed by atoms with Gasteiger partial charge in [-0.15, -0.1) is 0 Å². The number of ether oxygens (including phenoxy) is 1. The van der Waals surface area contributed by atoms with E-state index in [4.69, 9.17) is 10.2 Å². The molecule has 3 saturated carbocycles. The number of hydrogen-bond donors (Lipinski definition) is 3. The van der Waals surface area contributed by atoms with Crippen LogP contribution in [0, 0.1) is 46.3 Å². The number of rotatable bonds is 8. The van der Waals surface area contributed by atoms with E-state index in [-0.39, 0.29) is 19.3 Å². The molecule has 0 amide bonds. The summed E-state index contributed by atoms with van der Waals surface area (Å²) in [6.45, 7) is 12.5. The lowest BCUT2D eigenvalue weighted by molar-refractivity contribution is -0.0573. The Kier molecular flexibility index (Phi) is 10.3. The Hall–Kier alpha value is -0.420. The van der Waals surface area contributed by atoms with Crippen LogP contribution in [0.1, 0.15) is 105 Å². The summed E-state index contributed by atoms with van der Waals surface area (Å²) in [5.41, 5.74) is 2.60. The number of hydrogen-bond acceptors (Lipinski definition) is 4. The normalized spacial score (nSPS) is 40.1. The molecule has 35 heavy (non-hydrogen) atoms. The van der Waals surface area contributed by atoms with Gasteiger partial charge in [0.05, 0.1) is 19.3 Å². The maximum Gasteiger partial charge on any atom is 0.100 e. The highest BCUT2D eigenvalue weighted by atomic mass is 16.5. The predicted molar refractivity (Wildman–Crippen MR) is 144 cm³/mol. The van der Waals surface area contributed by atoms with E-state index in [0.717, 1.165) is 48.3 Å². The lowest BCUT2D eigenvalue weighted by Crippen LogP contribution is -2.50. The Morgan fingerprint density at radius 2 is 1.77 bits per heavy atom. The van der Waals surface area contributed by atoms with E-state index in [1.54, 1.807) is 5.57 Å². The Morgan fingerprint density at radius 3 is 2.40 bits per heavy atom. The zero-order chi connectivity index (χ0) is 25.8. The Labute approximate surface area is 215 Å². The van der Waals surface area contributed by atoms with Crippen molar-refractivity contribution in [2.45, 2.75) is 117 Å². The van der Waals surface area contributed by atoms with Crippen molar-refractivity contribution in [1.82, 2.24) is 0 Å². The fraction of sp³-hybridized carbons (Fsp3) is 0.935. The van der Waals surface area contributed by atoms with Crippen molar-refractivity contribution in [1.29, 1.82) is 0 Å². The molecule has 4 rings (SSSR count). The molecule has 0 bridgehead atoms. The number of aliphatic hydroxyl groups excluding tert-OH is 3. The van der Waals surface area contributed by atoms with Crippen molar-refractivity contribution in [2.24, 2.45) is 46.3 Å². The van der Waals surface area contributed by atoms with Gasteiger partial charge < -0.3 is 20.1 Å². The minimum Gasteiger partial charge on any atom is -0.394 e. The van der Waals surface area contributed by atoms with Gasteiger partial charge in [0.1, 0.15) is 6.10 Å². The second-order valence-corrected chi connectivity index (χ2v) is 13.5. The van der Waals surface area contributed by atoms with E-state index in [2.05, 4.69) is 45.4 Å². The van der Waals surface area contributed by atoms with Gasteiger partial charge in [0, 0.05) is 7.11 Å². The van der Waals surface area contributed by atoms with Crippen LogP contribution in [0.25, 0.3) is 0 Å². The predicted octanol–water partition coefficient (Wildman–Crippen LogP) is 6.37. The van der Waals surface area contributed by atoms with Crippen LogP contribution in [0.3, 0.4) is 0 Å². The molecule has 4 heteroatoms. The lowest BCUT2D eigenvalue weighted by atomic mass is 9.47. The summed E-state index contributed by atoms with van der Waals surface area (Å²) >= 11 is 0. The molecule has 0 spiro atoms. The molecule has 0 aliphatic heterocycles. The maximum atomic E-state index is 10.2. The maximum absolute atomic E-state index is 10.2. The topological polar surface area (TPSA) is 69.9 Å². The molecule has 3 fully saturated rings. The van der Waals surface area contributed by atoms with Crippen molar-refractivity contribution < 1.29 is 20.1 Å². The molecule has 0 aromatic carbocycles. The molecular formula is C31H56O4. The van der Waals surface area contributed by atoms with Crippen LogP contribution in [0.15, 0.2) is 11.6 Å². The molecule has 0 radical (unpaired) electrons. The van der Waals surface area contributed by atoms with Crippen molar-refractivity contribution >= 4 is 0 Å². The first-order valence-corrected chi connectivity index (χ1v) is 14.7. The Bertz CT molecular complexity index is 689. The third kappa shape index (κ3) is 6.36. The van der Waals surface area contributed by atoms with Crippen molar-refractivity contribution in [3.8, 4) is 0 Å². The van der Waals surface area contributed by atoms with E-state index < -0.39 is 6.10 Å². The first kappa shape index (κ1) is 29.1. The summed E-state index contributed by atoms with van der Waals surface area (Å²) in [6, 6.07) is 0. The van der Waals surface area contributed by atoms with Gasteiger partial charge in [-0.3, -0.25) is 0 Å². The van der Waals surface area contributed by atoms with Crippen LogP contribution >= 0.6 is 0 Å². The molecule has 0 aromatic rings. The van der Waals surface area contributed by atoms with Gasteiger partial charge in [0.2, 0.25) is 0 Å². The van der Waals surface area contributed by atoms with Crippen LogP contribution < -0.4 is 0 Å². The van der Waals surface area contributed by atoms with Crippen LogP contribution in [-0.4, -0.2) is 47.9 Å². The largest absolute Gasteiger partial charge is 0.394 e. The summed E-state index contributed by atoms with van der Waals surface area (Å²) in [4.78, 5) is 0. The number of allylic oxidation sites excluding steroid dienone is 1. The van der Waals surface area contributed by atoms with Crippen LogP contribution in [-0.2, 0) is 4.74 Å². The lowest BCUT2D eigenvalue weighted by Gasteiger charge is -2.58. The third-order valence-electron chi connectivity index (χ3n) is 10.8. The molecule has 2 unspecified atom stereocenters. The molecule has 0 saturated heterocycles. The zero-order valence-electron chi connectivity index (χ0n) is 23.6. The molecule has 3 N–H and O–H groups in total. The number of aliphatic hydroxyl groups is 3. The van der Waals surface area contributed by atoms with Crippen LogP contribution in [0.4, 0.5) is 0 Å². The molecule has 4 nitrogen and oxygen atoms in total. The molecule has 4 aliphatic carbocycles. The van der Waals surface area contributed by atoms with Crippen molar-refractivity contribution in [2.75, 3.05) is 20.3 Å². The van der Waals surface area contributed by atoms with Gasteiger partial charge in [-0.1, -0.05) is 65.5 Å². The van der Waals surface area contributed by atoms with Crippen LogP contribution in [0.2, 0.25) is 0 Å². The van der Waals surface area contributed by atoms with Crippen molar-refractivity contribution in [3.63, 3.8) is 0 Å². The highest BCUT2D eigenvalue weighted by Crippen LogP contribution is 2.67. The monoisotopic (exact) mass is 492 g/mol. The summed E-state index contributed by atoms with van der Waals surface area (Å²) in [7, 11) is 1.47. The SMILES string of the molecule is CC(C)CCCC(C)[C@H]1CC[C@H]2[C@@H]3CC=C4C[C@@H](O)CC[C@]4(C)[C@H]3CC[C@]12C.COCC(O)CO. The molecular weight excluding hydrogens is 436 g/mol. The highest BCUT2D eigenvalue weighted by Gasteiger charge is 2.59. The van der Waals surface area contributed by atoms with Gasteiger partial charge in [0.15, 0.2) is 0 Å². The molecule has 9 atom stereocenters. The van der Waals surface area contributed by atoms with Gasteiger partial charge in [0.25, 0.3) is 0 Å². The standard InChI is InChI=1S/C27H46O.C4H10O3/c1-18(2)7-6-8-19(3)23-11-12-24-22-10-9-20-17-21(28)13-15-26(20,4)25(22)14-16-27(23,24)5;1-7-3-4(6)2-5/h9,18-19,21-25,28H,6-8,10-17H2,1-5H3;4-6H,2-3H2,1H3/t19?,21-,22-,23+,24-,25-,26-,27+;/m0./s1. The summed E-state index contributed by atoms with van der Waals surface area (Å²) in [5.74, 6) is 5.46. The van der Waals surface area contributed by atoms with Crippen LogP contribution in [0.5, 0.6) is 0 Å². The fourth-order valence-corrected chi connectivity index (χ4v) is 8.91. The van der Waals surface area contributed by atoms with E-state index in [9.17, 15) is 5.11 Å². The average molecular weight is 493 g/mol. The Balaban J connectivity index is 0.000000429. The second kappa shape index (κ2) is 12.4. The fourth-order valence-electron chi connectivity index (χ4n) is 8.91. The summed E-state index contributed by atoms with van der Waals surface area (Å²) < 4.78 is 4.48. The van der Waals surface area contributed by atoms with Gasteiger partial charge in [-0.25, -0.2) is 0 Å². The van der Waals surface area contributed by atoms with E-state index in [0.29, 0.717) is 10.8 Å². The number of fused-ring (bicyclic) bond motifs is 5. The minimum atomic E-state index is -0.718. The number of methoxy groups -OCH3 is 1. The van der Waals surface area contributed by atoms with Gasteiger partial charge >= 0.3 is 0 Å². The van der Waals surface area contributed by atoms with Crippen molar-refractivity contribution in [3.05, 3.63) is 11.6 Å². The molecule has 204 valence electrons. The quantitative estimate of drug-likeness (QED) is 0.344. The first-order valence-electron chi connectivity index (χ1n) is 14.7. The first-order chi connectivity index (χ1) is 16.6. The Morgan fingerprint density at radius 1 is 1.03 bits per heavy atom. The summed E-state index contributed by atoms with van der Waals surface area (Å²) in [5, 5.41) is 26.8. The second-order valence-electron chi connectivity index (χ2n) is 13.5. The summed E-state index contributed by atoms with van der Waals surface area (Å²) in [6.07, 6.45) is 16.4. The van der Waals surface area contributed by atoms with Gasteiger partial charge in [-0.2, -0.15) is 0 Å². The average Bonchev–Trinajstić information content (AvgIpc) is 3.17.